The second-order valence-corrected chi connectivity index (χ2v) is 5.76. The van der Waals surface area contributed by atoms with E-state index in [1.807, 2.05) is 12.1 Å². The van der Waals surface area contributed by atoms with Crippen LogP contribution < -0.4 is 11.1 Å². The molecule has 0 aliphatic carbocycles. The summed E-state index contributed by atoms with van der Waals surface area (Å²) in [6, 6.07) is 7.12. The normalized spacial score (nSPS) is 11.2. The van der Waals surface area contributed by atoms with Crippen LogP contribution in [-0.2, 0) is 10.2 Å². The van der Waals surface area contributed by atoms with Gasteiger partial charge in [0, 0.05) is 5.69 Å². The Bertz CT molecular complexity index is 671. The summed E-state index contributed by atoms with van der Waals surface area (Å²) in [5, 5.41) is 2.87. The molecule has 1 heterocycles. The van der Waals surface area contributed by atoms with Crippen LogP contribution in [0.3, 0.4) is 0 Å². The van der Waals surface area contributed by atoms with Crippen LogP contribution in [0.4, 0.5) is 11.5 Å². The summed E-state index contributed by atoms with van der Waals surface area (Å²) >= 11 is 11.8. The number of amides is 1. The third kappa shape index (κ3) is 3.25. The van der Waals surface area contributed by atoms with E-state index in [-0.39, 0.29) is 21.9 Å². The zero-order chi connectivity index (χ0) is 15.6. The van der Waals surface area contributed by atoms with Crippen molar-refractivity contribution >= 4 is 40.6 Å². The van der Waals surface area contributed by atoms with Gasteiger partial charge in [0.15, 0.2) is 11.0 Å². The number of hydrogen-bond acceptors (Lipinski definition) is 4. The van der Waals surface area contributed by atoms with Crippen molar-refractivity contribution in [2.75, 3.05) is 11.1 Å². The largest absolute Gasteiger partial charge is 0.399 e. The van der Waals surface area contributed by atoms with Crippen LogP contribution in [0, 0.1) is 0 Å². The van der Waals surface area contributed by atoms with Crippen LogP contribution in [0.5, 0.6) is 0 Å². The van der Waals surface area contributed by atoms with E-state index in [2.05, 4.69) is 15.3 Å². The van der Waals surface area contributed by atoms with Gasteiger partial charge in [-0.2, -0.15) is 0 Å². The summed E-state index contributed by atoms with van der Waals surface area (Å²) in [5.74, 6) is -0.0749. The number of nitrogen functional groups attached to an aromatic ring is 1. The van der Waals surface area contributed by atoms with Crippen molar-refractivity contribution in [1.29, 1.82) is 0 Å². The number of carbonyl (C=O) groups is 1. The van der Waals surface area contributed by atoms with E-state index < -0.39 is 5.41 Å². The van der Waals surface area contributed by atoms with Gasteiger partial charge in [-0.05, 0) is 31.5 Å². The Balaban J connectivity index is 2.26. The molecule has 21 heavy (non-hydrogen) atoms. The molecule has 0 radical (unpaired) electrons. The maximum Gasteiger partial charge on any atom is 0.235 e. The van der Waals surface area contributed by atoms with E-state index in [1.165, 1.54) is 6.33 Å². The molecule has 7 heteroatoms. The first-order chi connectivity index (χ1) is 9.82. The minimum absolute atomic E-state index is 0.0901. The van der Waals surface area contributed by atoms with Crippen LogP contribution in [0.25, 0.3) is 0 Å². The third-order valence-electron chi connectivity index (χ3n) is 3.18. The molecule has 0 aliphatic heterocycles. The Kier molecular flexibility index (Phi) is 4.34. The smallest absolute Gasteiger partial charge is 0.235 e. The van der Waals surface area contributed by atoms with Crippen molar-refractivity contribution in [3.8, 4) is 0 Å². The fourth-order valence-electron chi connectivity index (χ4n) is 1.73. The highest BCUT2D eigenvalue weighted by molar-refractivity contribution is 6.43. The van der Waals surface area contributed by atoms with Crippen LogP contribution in [0.15, 0.2) is 30.6 Å². The van der Waals surface area contributed by atoms with Crippen molar-refractivity contribution in [3.05, 3.63) is 46.3 Å². The van der Waals surface area contributed by atoms with E-state index in [0.717, 1.165) is 5.56 Å². The van der Waals surface area contributed by atoms with Gasteiger partial charge in [-0.25, -0.2) is 9.97 Å². The van der Waals surface area contributed by atoms with Crippen molar-refractivity contribution in [1.82, 2.24) is 9.97 Å². The second-order valence-electron chi connectivity index (χ2n) is 5.03. The van der Waals surface area contributed by atoms with Gasteiger partial charge in [0.1, 0.15) is 11.3 Å². The highest BCUT2D eigenvalue weighted by atomic mass is 35.5. The number of aromatic nitrogens is 2. The van der Waals surface area contributed by atoms with Crippen LogP contribution in [-0.4, -0.2) is 15.9 Å². The van der Waals surface area contributed by atoms with Gasteiger partial charge in [-0.3, -0.25) is 4.79 Å². The number of halogens is 2. The number of nitrogens with zero attached hydrogens (tertiary/aromatic N) is 2. The molecular formula is C14H14Cl2N4O. The van der Waals surface area contributed by atoms with Gasteiger partial charge in [0.05, 0.1) is 5.41 Å². The predicted octanol–water partition coefficient (Wildman–Crippen LogP) is 3.28. The van der Waals surface area contributed by atoms with Crippen molar-refractivity contribution < 1.29 is 4.79 Å². The zero-order valence-electron chi connectivity index (χ0n) is 11.5. The Morgan fingerprint density at radius 3 is 2.43 bits per heavy atom. The maximum absolute atomic E-state index is 12.5. The first-order valence-electron chi connectivity index (χ1n) is 6.16. The fourth-order valence-corrected chi connectivity index (χ4v) is 2.01. The Morgan fingerprint density at radius 1 is 1.19 bits per heavy atom. The monoisotopic (exact) mass is 324 g/mol. The lowest BCUT2D eigenvalue weighted by Gasteiger charge is -2.24. The molecule has 1 aromatic carbocycles. The molecule has 2 rings (SSSR count). The number of carbonyl (C=O) groups excluding carboxylic acids is 1. The SMILES string of the molecule is CC(C)(C(=O)Nc1ncnc(Cl)c1Cl)c1ccc(N)cc1. The summed E-state index contributed by atoms with van der Waals surface area (Å²) in [6.45, 7) is 3.59. The lowest BCUT2D eigenvalue weighted by Crippen LogP contribution is -2.35. The summed E-state index contributed by atoms with van der Waals surface area (Å²) in [7, 11) is 0. The lowest BCUT2D eigenvalue weighted by molar-refractivity contribution is -0.120. The lowest BCUT2D eigenvalue weighted by atomic mass is 9.83. The van der Waals surface area contributed by atoms with E-state index in [0.29, 0.717) is 5.69 Å². The fraction of sp³-hybridized carbons (Fsp3) is 0.214. The molecular weight excluding hydrogens is 311 g/mol. The second kappa shape index (κ2) is 5.87. The number of hydrogen-bond donors (Lipinski definition) is 2. The average molecular weight is 325 g/mol. The molecule has 2 aromatic rings. The first kappa shape index (κ1) is 15.5. The molecule has 0 atom stereocenters. The quantitative estimate of drug-likeness (QED) is 0.670. The van der Waals surface area contributed by atoms with Gasteiger partial charge in [-0.1, -0.05) is 35.3 Å². The van der Waals surface area contributed by atoms with Crippen LogP contribution >= 0.6 is 23.2 Å². The molecule has 110 valence electrons. The summed E-state index contributed by atoms with van der Waals surface area (Å²) in [4.78, 5) is 20.1. The van der Waals surface area contributed by atoms with Crippen LogP contribution in [0.2, 0.25) is 10.2 Å². The summed E-state index contributed by atoms with van der Waals surface area (Å²) < 4.78 is 0. The number of nitrogens with one attached hydrogen (secondary N) is 1. The molecule has 1 amide bonds. The molecule has 0 fully saturated rings. The van der Waals surface area contributed by atoms with Crippen molar-refractivity contribution in [3.63, 3.8) is 0 Å². The van der Waals surface area contributed by atoms with Gasteiger partial charge in [0.2, 0.25) is 5.91 Å². The number of rotatable bonds is 3. The zero-order valence-corrected chi connectivity index (χ0v) is 13.0. The predicted molar refractivity (Wildman–Crippen MR) is 84.6 cm³/mol. The summed E-state index contributed by atoms with van der Waals surface area (Å²) in [6.07, 6.45) is 1.24. The minimum Gasteiger partial charge on any atom is -0.399 e. The number of benzene rings is 1. The highest BCUT2D eigenvalue weighted by Crippen LogP contribution is 2.29. The van der Waals surface area contributed by atoms with Gasteiger partial charge >= 0.3 is 0 Å². The molecule has 0 bridgehead atoms. The molecule has 0 spiro atoms. The van der Waals surface area contributed by atoms with E-state index in [4.69, 9.17) is 28.9 Å². The van der Waals surface area contributed by atoms with Gasteiger partial charge in [0.25, 0.3) is 0 Å². The maximum atomic E-state index is 12.5. The highest BCUT2D eigenvalue weighted by Gasteiger charge is 2.30. The van der Waals surface area contributed by atoms with E-state index in [9.17, 15) is 4.79 Å². The first-order valence-corrected chi connectivity index (χ1v) is 6.91. The third-order valence-corrected chi connectivity index (χ3v) is 3.92. The van der Waals surface area contributed by atoms with Crippen molar-refractivity contribution in [2.45, 2.75) is 19.3 Å². The van der Waals surface area contributed by atoms with E-state index in [1.54, 1.807) is 26.0 Å². The molecule has 5 nitrogen and oxygen atoms in total. The van der Waals surface area contributed by atoms with Gasteiger partial charge in [-0.15, -0.1) is 0 Å². The number of anilines is 2. The average Bonchev–Trinajstić information content (AvgIpc) is 2.44. The standard InChI is InChI=1S/C14H14Cl2N4O/c1-14(2,8-3-5-9(17)6-4-8)13(21)20-12-10(15)11(16)18-7-19-12/h3-7H,17H2,1-2H3,(H,18,19,20,21). The topological polar surface area (TPSA) is 80.9 Å². The minimum atomic E-state index is -0.783. The molecule has 0 saturated carbocycles. The van der Waals surface area contributed by atoms with Gasteiger partial charge < -0.3 is 11.1 Å². The molecule has 0 saturated heterocycles. The Morgan fingerprint density at radius 2 is 1.81 bits per heavy atom. The Labute approximate surface area is 132 Å². The number of nitrogens with two attached hydrogens (primary N) is 1. The molecule has 3 N–H and O–H groups in total. The van der Waals surface area contributed by atoms with Crippen molar-refractivity contribution in [2.24, 2.45) is 0 Å². The molecule has 0 unspecified atom stereocenters. The molecule has 1 aromatic heterocycles. The molecule has 0 aliphatic rings. The van der Waals surface area contributed by atoms with E-state index >= 15 is 0 Å². The summed E-state index contributed by atoms with van der Waals surface area (Å²) in [5.41, 5.74) is 6.34. The van der Waals surface area contributed by atoms with Crippen LogP contribution in [0.1, 0.15) is 19.4 Å². The Hall–Kier alpha value is -1.85.